The molecule has 1 heterocycles. The van der Waals surface area contributed by atoms with Gasteiger partial charge in [0.1, 0.15) is 23.0 Å². The van der Waals surface area contributed by atoms with Gasteiger partial charge in [0, 0.05) is 31.3 Å². The van der Waals surface area contributed by atoms with E-state index < -0.39 is 11.0 Å². The zero-order valence-corrected chi connectivity index (χ0v) is 24.3. The number of amides is 1. The first-order valence-corrected chi connectivity index (χ1v) is 14.4. The van der Waals surface area contributed by atoms with Crippen LogP contribution >= 0.6 is 0 Å². The van der Waals surface area contributed by atoms with Crippen LogP contribution in [-0.4, -0.2) is 53.7 Å². The van der Waals surface area contributed by atoms with Crippen molar-refractivity contribution in [3.05, 3.63) is 89.0 Å². The van der Waals surface area contributed by atoms with Gasteiger partial charge in [-0.3, -0.25) is 4.79 Å². The molecule has 0 saturated heterocycles. The minimum Gasteiger partial charge on any atom is -0.493 e. The van der Waals surface area contributed by atoms with Gasteiger partial charge in [-0.25, -0.2) is 8.93 Å². The molecule has 0 spiro atoms. The fourth-order valence-corrected chi connectivity index (χ4v) is 5.17. The first-order chi connectivity index (χ1) is 19.7. The van der Waals surface area contributed by atoms with Crippen molar-refractivity contribution >= 4 is 34.7 Å². The van der Waals surface area contributed by atoms with Crippen molar-refractivity contribution in [2.45, 2.75) is 44.2 Å². The summed E-state index contributed by atoms with van der Waals surface area (Å²) in [5, 5.41) is 14.5. The minimum absolute atomic E-state index is 0.0544. The number of hydrogen-bond donors (Lipinski definition) is 4. The molecule has 2 unspecified atom stereocenters. The monoisotopic (exact) mass is 579 g/mol. The zero-order chi connectivity index (χ0) is 29.8. The van der Waals surface area contributed by atoms with Crippen LogP contribution in [0.1, 0.15) is 35.6 Å². The van der Waals surface area contributed by atoms with E-state index in [4.69, 9.17) is 15.7 Å². The summed E-state index contributed by atoms with van der Waals surface area (Å²) in [6.07, 6.45) is 2.27. The van der Waals surface area contributed by atoms with Crippen molar-refractivity contribution in [2.75, 3.05) is 25.1 Å². The molecule has 11 heteroatoms. The molecular formula is C30H37N5O5S. The number of benzene rings is 3. The number of hydrogen-bond acceptors (Lipinski definition) is 7. The highest BCUT2D eigenvalue weighted by Gasteiger charge is 2.16. The van der Waals surface area contributed by atoms with Crippen molar-refractivity contribution in [1.82, 2.24) is 10.0 Å². The van der Waals surface area contributed by atoms with E-state index in [0.29, 0.717) is 30.0 Å². The number of carbonyl (C=O) groups is 2. The number of fused-ring (bicyclic) bond motifs is 1. The van der Waals surface area contributed by atoms with E-state index in [1.165, 1.54) is 0 Å². The lowest BCUT2D eigenvalue weighted by Gasteiger charge is -2.20. The third-order valence-electron chi connectivity index (χ3n) is 6.49. The van der Waals surface area contributed by atoms with Crippen molar-refractivity contribution in [2.24, 2.45) is 10.9 Å². The first-order valence-electron chi connectivity index (χ1n) is 13.2. The molecule has 0 fully saturated rings. The molecule has 2 atom stereocenters. The Hall–Kier alpha value is -4.22. The molecule has 5 N–H and O–H groups in total. The molecule has 1 amide bonds. The van der Waals surface area contributed by atoms with Crippen LogP contribution in [0.3, 0.4) is 0 Å². The van der Waals surface area contributed by atoms with Crippen LogP contribution in [0.25, 0.3) is 0 Å². The highest BCUT2D eigenvalue weighted by molar-refractivity contribution is 7.83. The molecule has 0 radical (unpaired) electrons. The molecule has 1 aliphatic heterocycles. The van der Waals surface area contributed by atoms with E-state index in [2.05, 4.69) is 15.2 Å². The van der Waals surface area contributed by atoms with E-state index in [-0.39, 0.29) is 24.3 Å². The lowest BCUT2D eigenvalue weighted by Crippen LogP contribution is -2.35. The number of aryl methyl sites for hydroxylation is 1. The number of para-hydroxylation sites is 1. The van der Waals surface area contributed by atoms with E-state index in [1.54, 1.807) is 18.2 Å². The summed E-state index contributed by atoms with van der Waals surface area (Å²) in [6, 6.07) is 20.2. The molecule has 0 saturated carbocycles. The summed E-state index contributed by atoms with van der Waals surface area (Å²) in [5.41, 5.74) is 10.3. The number of nitrogens with one attached hydrogen (secondary N) is 2. The van der Waals surface area contributed by atoms with Crippen LogP contribution in [0.4, 0.5) is 5.69 Å². The average molecular weight is 580 g/mol. The van der Waals surface area contributed by atoms with Gasteiger partial charge in [0.25, 0.3) is 0 Å². The Morgan fingerprint density at radius 1 is 1.20 bits per heavy atom. The fourth-order valence-electron chi connectivity index (χ4n) is 4.09. The minimum atomic E-state index is -1.34. The summed E-state index contributed by atoms with van der Waals surface area (Å²) in [5.74, 6) is 0.875. The molecule has 1 aliphatic rings. The maximum absolute atomic E-state index is 12.1. The largest absolute Gasteiger partial charge is 0.493 e. The Kier molecular flexibility index (Phi) is 11.9. The van der Waals surface area contributed by atoms with Crippen LogP contribution in [0.2, 0.25) is 0 Å². The fraction of sp³-hybridized carbons (Fsp3) is 0.300. The highest BCUT2D eigenvalue weighted by atomic mass is 32.2. The van der Waals surface area contributed by atoms with Gasteiger partial charge in [0.05, 0.1) is 24.1 Å². The molecule has 3 aromatic carbocycles. The summed E-state index contributed by atoms with van der Waals surface area (Å²) < 4.78 is 20.1. The van der Waals surface area contributed by atoms with Gasteiger partial charge < -0.3 is 30.7 Å². The smallest absolute Gasteiger partial charge is 0.239 e. The van der Waals surface area contributed by atoms with Crippen molar-refractivity contribution in [1.29, 1.82) is 0 Å². The standard InChI is InChI=1S/C18H22N4O2.C12H15NO3S/c1-13-5-3-4-6-16(13)22(2)12-17(23)20-11-14-7-9-15(10-8-14)18(19)21-24;1-2-10(8-14)13-17(15)11-3-4-12-9(7-11)5-6-16-12/h3-10,24H,11-12H2,1-2H3,(H2,19,21)(H,20,23);3-4,7-8,10,13H,2,5-6H2,1H3. The lowest BCUT2D eigenvalue weighted by molar-refractivity contribution is -0.119. The maximum atomic E-state index is 12.1. The summed E-state index contributed by atoms with van der Waals surface area (Å²) in [4.78, 5) is 25.4. The quantitative estimate of drug-likeness (QED) is 0.0898. The molecule has 0 aromatic heterocycles. The second-order valence-electron chi connectivity index (χ2n) is 9.51. The SMILES string of the molecule is CCC(C=O)NS(=O)c1ccc2c(c1)CCO2.Cc1ccccc1N(C)CC(=O)NCc1ccc(/C(N)=N/O)cc1. The number of anilines is 1. The van der Waals surface area contributed by atoms with Gasteiger partial charge in [0.2, 0.25) is 5.91 Å². The van der Waals surface area contributed by atoms with Gasteiger partial charge in [-0.05, 0) is 54.3 Å². The van der Waals surface area contributed by atoms with E-state index in [9.17, 15) is 13.8 Å². The summed E-state index contributed by atoms with van der Waals surface area (Å²) >= 11 is 0. The lowest BCUT2D eigenvalue weighted by atomic mass is 10.1. The predicted molar refractivity (Wildman–Crippen MR) is 161 cm³/mol. The Bertz CT molecular complexity index is 1380. The van der Waals surface area contributed by atoms with Crippen LogP contribution in [0, 0.1) is 6.92 Å². The predicted octanol–water partition coefficient (Wildman–Crippen LogP) is 3.05. The third-order valence-corrected chi connectivity index (χ3v) is 7.69. The number of carbonyl (C=O) groups excluding carboxylic acids is 2. The number of likely N-dealkylation sites (N-methyl/N-ethyl adjacent to an activating group) is 1. The van der Waals surface area contributed by atoms with Crippen molar-refractivity contribution in [3.63, 3.8) is 0 Å². The molecule has 0 bridgehead atoms. The molecule has 41 heavy (non-hydrogen) atoms. The molecule has 10 nitrogen and oxygen atoms in total. The van der Waals surface area contributed by atoms with Crippen LogP contribution in [-0.2, 0) is 33.5 Å². The van der Waals surface area contributed by atoms with Gasteiger partial charge in [-0.1, -0.05) is 54.5 Å². The van der Waals surface area contributed by atoms with Gasteiger partial charge >= 0.3 is 0 Å². The Morgan fingerprint density at radius 2 is 1.93 bits per heavy atom. The number of oxime groups is 1. The number of amidine groups is 1. The van der Waals surface area contributed by atoms with E-state index in [0.717, 1.165) is 40.8 Å². The van der Waals surface area contributed by atoms with Gasteiger partial charge in [-0.2, -0.15) is 0 Å². The summed E-state index contributed by atoms with van der Waals surface area (Å²) in [7, 11) is 0.554. The number of nitrogens with two attached hydrogens (primary N) is 1. The van der Waals surface area contributed by atoms with Crippen molar-refractivity contribution < 1.29 is 23.7 Å². The van der Waals surface area contributed by atoms with Gasteiger partial charge in [0.15, 0.2) is 5.84 Å². The number of nitrogens with zero attached hydrogens (tertiary/aromatic N) is 2. The molecular weight excluding hydrogens is 542 g/mol. The second kappa shape index (κ2) is 15.5. The molecule has 3 aromatic rings. The first kappa shape index (κ1) is 31.3. The Labute approximate surface area is 243 Å². The summed E-state index contributed by atoms with van der Waals surface area (Å²) in [6.45, 7) is 5.29. The van der Waals surface area contributed by atoms with Crippen LogP contribution in [0.5, 0.6) is 5.75 Å². The molecule has 0 aliphatic carbocycles. The van der Waals surface area contributed by atoms with Crippen LogP contribution < -0.4 is 25.4 Å². The molecule has 4 rings (SSSR count). The Morgan fingerprint density at radius 3 is 2.59 bits per heavy atom. The Balaban J connectivity index is 0.000000239. The normalized spacial score (nSPS) is 13.6. The maximum Gasteiger partial charge on any atom is 0.239 e. The van der Waals surface area contributed by atoms with Crippen molar-refractivity contribution in [3.8, 4) is 5.75 Å². The topological polar surface area (TPSA) is 146 Å². The average Bonchev–Trinajstić information content (AvgIpc) is 3.47. The number of ether oxygens (including phenoxy) is 1. The zero-order valence-electron chi connectivity index (χ0n) is 23.5. The second-order valence-corrected chi connectivity index (χ2v) is 10.8. The number of aldehydes is 1. The van der Waals surface area contributed by atoms with E-state index in [1.807, 2.05) is 74.3 Å². The number of rotatable bonds is 11. The van der Waals surface area contributed by atoms with Gasteiger partial charge in [-0.15, -0.1) is 0 Å². The van der Waals surface area contributed by atoms with E-state index >= 15 is 0 Å². The highest BCUT2D eigenvalue weighted by Crippen LogP contribution is 2.26. The van der Waals surface area contributed by atoms with Crippen LogP contribution in [0.15, 0.2) is 76.8 Å². The third kappa shape index (κ3) is 9.16. The molecule has 218 valence electrons.